The van der Waals surface area contributed by atoms with Crippen LogP contribution in [0.5, 0.6) is 0 Å². The lowest BCUT2D eigenvalue weighted by atomic mass is 10.2. The number of rotatable bonds is 2. The normalized spacial score (nSPS) is 14.8. The maximum Gasteiger partial charge on any atom is 0.335 e. The van der Waals surface area contributed by atoms with Gasteiger partial charge in [-0.3, -0.25) is 0 Å². The Balaban J connectivity index is 0.000000246. The second-order valence-corrected chi connectivity index (χ2v) is 4.08. The van der Waals surface area contributed by atoms with Gasteiger partial charge in [0.05, 0.1) is 11.8 Å². The van der Waals surface area contributed by atoms with Crippen LogP contribution in [0.2, 0.25) is 0 Å². The summed E-state index contributed by atoms with van der Waals surface area (Å²) in [6.07, 6.45) is 13.0. The van der Waals surface area contributed by atoms with E-state index in [1.165, 1.54) is 25.0 Å². The zero-order valence-corrected chi connectivity index (χ0v) is 11.7. The second-order valence-electron chi connectivity index (χ2n) is 4.08. The second kappa shape index (κ2) is 8.21. The van der Waals surface area contributed by atoms with Crippen LogP contribution in [0.15, 0.2) is 74.1 Å². The van der Waals surface area contributed by atoms with Crippen molar-refractivity contribution in [3.05, 3.63) is 79.6 Å². The lowest BCUT2D eigenvalue weighted by molar-refractivity contribution is 0.0697. The minimum Gasteiger partial charge on any atom is -0.496 e. The number of ether oxygens (including phenoxy) is 3. The number of carbonyl (C=O) groups is 1. The fraction of sp³-hybridized carbons (Fsp3) is 0.0625. The topological polar surface area (TPSA) is 68.2 Å². The van der Waals surface area contributed by atoms with Gasteiger partial charge in [-0.1, -0.05) is 0 Å². The van der Waals surface area contributed by atoms with Gasteiger partial charge in [-0.05, 0) is 30.3 Å². The van der Waals surface area contributed by atoms with Gasteiger partial charge in [0.25, 0.3) is 0 Å². The van der Waals surface area contributed by atoms with E-state index in [1.54, 1.807) is 36.7 Å². The lowest BCUT2D eigenvalue weighted by Gasteiger charge is -2.13. The SMILES string of the molecule is C1=COC=CO1.O=C(O)c1ccc(N2C=CCOC=C2)cc1. The summed E-state index contributed by atoms with van der Waals surface area (Å²) in [5.41, 5.74) is 1.17. The Bertz CT molecular complexity index is 567. The molecule has 2 aliphatic heterocycles. The summed E-state index contributed by atoms with van der Waals surface area (Å²) in [7, 11) is 0. The molecule has 22 heavy (non-hydrogen) atoms. The molecular weight excluding hydrogens is 286 g/mol. The van der Waals surface area contributed by atoms with Crippen molar-refractivity contribution in [2.75, 3.05) is 11.5 Å². The molecule has 3 rings (SSSR count). The van der Waals surface area contributed by atoms with E-state index in [-0.39, 0.29) is 5.56 Å². The average molecular weight is 301 g/mol. The number of anilines is 1. The van der Waals surface area contributed by atoms with Crippen molar-refractivity contribution in [1.29, 1.82) is 0 Å². The number of carboxylic acids is 1. The van der Waals surface area contributed by atoms with Crippen LogP contribution in [0.4, 0.5) is 5.69 Å². The highest BCUT2D eigenvalue weighted by Crippen LogP contribution is 2.17. The summed E-state index contributed by atoms with van der Waals surface area (Å²) >= 11 is 0. The molecule has 2 heterocycles. The first-order chi connectivity index (χ1) is 10.8. The zero-order valence-electron chi connectivity index (χ0n) is 11.7. The predicted octanol–water partition coefficient (Wildman–Crippen LogP) is 3.18. The summed E-state index contributed by atoms with van der Waals surface area (Å²) in [5.74, 6) is -0.920. The van der Waals surface area contributed by atoms with E-state index < -0.39 is 5.97 Å². The Labute approximate surface area is 127 Å². The molecule has 6 nitrogen and oxygen atoms in total. The van der Waals surface area contributed by atoms with E-state index in [0.717, 1.165) is 5.69 Å². The van der Waals surface area contributed by atoms with Crippen molar-refractivity contribution in [3.63, 3.8) is 0 Å². The van der Waals surface area contributed by atoms with Gasteiger partial charge in [0, 0.05) is 18.1 Å². The van der Waals surface area contributed by atoms with Crippen molar-refractivity contribution in [2.45, 2.75) is 0 Å². The summed E-state index contributed by atoms with van der Waals surface area (Å²) in [6, 6.07) is 6.66. The van der Waals surface area contributed by atoms with Gasteiger partial charge < -0.3 is 24.2 Å². The maximum atomic E-state index is 10.7. The fourth-order valence-corrected chi connectivity index (χ4v) is 1.59. The van der Waals surface area contributed by atoms with Crippen molar-refractivity contribution in [2.24, 2.45) is 0 Å². The Morgan fingerprint density at radius 1 is 0.955 bits per heavy atom. The molecule has 0 amide bonds. The Kier molecular flexibility index (Phi) is 5.69. The van der Waals surface area contributed by atoms with Crippen LogP contribution in [-0.4, -0.2) is 17.7 Å². The van der Waals surface area contributed by atoms with Crippen molar-refractivity contribution in [3.8, 4) is 0 Å². The molecule has 0 saturated heterocycles. The van der Waals surface area contributed by atoms with Crippen LogP contribution in [0.3, 0.4) is 0 Å². The van der Waals surface area contributed by atoms with E-state index in [4.69, 9.17) is 9.84 Å². The van der Waals surface area contributed by atoms with E-state index in [0.29, 0.717) is 6.61 Å². The van der Waals surface area contributed by atoms with Crippen LogP contribution >= 0.6 is 0 Å². The third-order valence-corrected chi connectivity index (χ3v) is 2.61. The number of hydrogen-bond acceptors (Lipinski definition) is 5. The van der Waals surface area contributed by atoms with Gasteiger partial charge in [0.15, 0.2) is 0 Å². The number of aromatic carboxylic acids is 1. The van der Waals surface area contributed by atoms with E-state index in [2.05, 4.69) is 9.47 Å². The van der Waals surface area contributed by atoms with Gasteiger partial charge in [-0.15, -0.1) is 0 Å². The molecule has 0 unspecified atom stereocenters. The first kappa shape index (κ1) is 15.2. The van der Waals surface area contributed by atoms with E-state index in [1.807, 2.05) is 17.2 Å². The summed E-state index contributed by atoms with van der Waals surface area (Å²) < 4.78 is 14.3. The minimum atomic E-state index is -0.920. The smallest absolute Gasteiger partial charge is 0.335 e. The number of hydrogen-bond donors (Lipinski definition) is 1. The van der Waals surface area contributed by atoms with Gasteiger partial charge in [0.2, 0.25) is 0 Å². The standard InChI is InChI=1S/C12H11NO3.C4H4O2/c14-12(15)10-2-4-11(5-3-10)13-6-1-8-16-9-7-13;1-2-6-4-3-5-1/h1-7,9H,8H2,(H,14,15);1-4H. The molecule has 0 aliphatic carbocycles. The molecule has 114 valence electrons. The summed E-state index contributed by atoms with van der Waals surface area (Å²) in [6.45, 7) is 0.542. The maximum absolute atomic E-state index is 10.7. The number of benzene rings is 1. The van der Waals surface area contributed by atoms with Gasteiger partial charge >= 0.3 is 5.97 Å². The van der Waals surface area contributed by atoms with Gasteiger partial charge in [0.1, 0.15) is 31.7 Å². The molecule has 2 aliphatic rings. The monoisotopic (exact) mass is 301 g/mol. The largest absolute Gasteiger partial charge is 0.496 e. The van der Waals surface area contributed by atoms with Crippen LogP contribution < -0.4 is 4.90 Å². The number of carboxylic acid groups (broad SMARTS) is 1. The highest BCUT2D eigenvalue weighted by Gasteiger charge is 2.04. The average Bonchev–Trinajstić information content (AvgIpc) is 2.86. The summed E-state index contributed by atoms with van der Waals surface area (Å²) in [4.78, 5) is 12.5. The lowest BCUT2D eigenvalue weighted by Crippen LogP contribution is -2.06. The third kappa shape index (κ3) is 4.75. The third-order valence-electron chi connectivity index (χ3n) is 2.61. The predicted molar refractivity (Wildman–Crippen MR) is 80.6 cm³/mol. The molecule has 0 saturated carbocycles. The van der Waals surface area contributed by atoms with Crippen molar-refractivity contribution < 1.29 is 24.1 Å². The Morgan fingerprint density at radius 3 is 2.14 bits per heavy atom. The van der Waals surface area contributed by atoms with Crippen LogP contribution in [0, 0.1) is 0 Å². The Morgan fingerprint density at radius 2 is 1.59 bits per heavy atom. The molecule has 1 aromatic rings. The molecule has 0 radical (unpaired) electrons. The first-order valence-electron chi connectivity index (χ1n) is 6.45. The van der Waals surface area contributed by atoms with Crippen LogP contribution in [0.25, 0.3) is 0 Å². The van der Waals surface area contributed by atoms with E-state index in [9.17, 15) is 4.79 Å². The fourth-order valence-electron chi connectivity index (χ4n) is 1.59. The Hall–Kier alpha value is -3.15. The molecule has 6 heteroatoms. The highest BCUT2D eigenvalue weighted by molar-refractivity contribution is 5.88. The molecule has 1 N–H and O–H groups in total. The quantitative estimate of drug-likeness (QED) is 0.905. The first-order valence-corrected chi connectivity index (χ1v) is 6.45. The van der Waals surface area contributed by atoms with Crippen molar-refractivity contribution in [1.82, 2.24) is 0 Å². The van der Waals surface area contributed by atoms with Crippen LogP contribution in [0.1, 0.15) is 10.4 Å². The van der Waals surface area contributed by atoms with E-state index >= 15 is 0 Å². The molecule has 0 atom stereocenters. The molecule has 0 aromatic heterocycles. The van der Waals surface area contributed by atoms with Gasteiger partial charge in [-0.25, -0.2) is 4.79 Å². The molecule has 0 fully saturated rings. The van der Waals surface area contributed by atoms with Crippen LogP contribution in [-0.2, 0) is 14.2 Å². The van der Waals surface area contributed by atoms with Crippen molar-refractivity contribution >= 4 is 11.7 Å². The minimum absolute atomic E-state index is 0.280. The highest BCUT2D eigenvalue weighted by atomic mass is 16.5. The van der Waals surface area contributed by atoms with Gasteiger partial charge in [-0.2, -0.15) is 0 Å². The molecule has 0 bridgehead atoms. The number of nitrogens with zero attached hydrogens (tertiary/aromatic N) is 1. The summed E-state index contributed by atoms with van der Waals surface area (Å²) in [5, 5.41) is 8.77. The zero-order chi connectivity index (χ0) is 15.6. The molecule has 1 aromatic carbocycles. The molecular formula is C16H15NO5. The molecule has 0 spiro atoms.